The van der Waals surface area contributed by atoms with Crippen molar-refractivity contribution in [3.05, 3.63) is 0 Å². The molecule has 2 aliphatic rings. The molecule has 1 atom stereocenters. The molecule has 0 aromatic rings. The number of carbonyl (C=O) groups is 1. The predicted octanol–water partition coefficient (Wildman–Crippen LogP) is 1.18. The van der Waals surface area contributed by atoms with Crippen molar-refractivity contribution in [1.29, 1.82) is 5.26 Å². The Morgan fingerprint density at radius 2 is 2.06 bits per heavy atom. The molecule has 4 heteroatoms. The van der Waals surface area contributed by atoms with E-state index in [0.717, 1.165) is 51.6 Å². The molecule has 1 aliphatic carbocycles. The molecule has 1 saturated heterocycles. The van der Waals surface area contributed by atoms with Crippen molar-refractivity contribution in [2.75, 3.05) is 13.1 Å². The third-order valence-electron chi connectivity index (χ3n) is 3.97. The first-order chi connectivity index (χ1) is 8.29. The quantitative estimate of drug-likeness (QED) is 0.772. The highest BCUT2D eigenvalue weighted by Gasteiger charge is 2.24. The van der Waals surface area contributed by atoms with Gasteiger partial charge in [0, 0.05) is 12.5 Å². The number of amides is 1. The minimum atomic E-state index is 0.0328. The lowest BCUT2D eigenvalue weighted by Gasteiger charge is -2.25. The molecule has 1 saturated carbocycles. The lowest BCUT2D eigenvalue weighted by atomic mass is 9.83. The van der Waals surface area contributed by atoms with E-state index in [9.17, 15) is 4.79 Å². The molecule has 4 nitrogen and oxygen atoms in total. The minimum Gasteiger partial charge on any atom is -0.354 e. The van der Waals surface area contributed by atoms with Gasteiger partial charge in [-0.05, 0) is 51.0 Å². The Morgan fingerprint density at radius 1 is 1.29 bits per heavy atom. The first-order valence-electron chi connectivity index (χ1n) is 6.70. The van der Waals surface area contributed by atoms with Crippen LogP contribution in [0.4, 0.5) is 0 Å². The molecular weight excluding hydrogens is 214 g/mol. The summed E-state index contributed by atoms with van der Waals surface area (Å²) in [5.41, 5.74) is 0. The summed E-state index contributed by atoms with van der Waals surface area (Å²) in [6.45, 7) is 1.75. The average Bonchev–Trinajstić information content (AvgIpc) is 2.90. The van der Waals surface area contributed by atoms with Crippen molar-refractivity contribution in [2.45, 2.75) is 44.6 Å². The Balaban J connectivity index is 1.65. The van der Waals surface area contributed by atoms with Gasteiger partial charge in [-0.1, -0.05) is 0 Å². The lowest BCUT2D eigenvalue weighted by molar-refractivity contribution is -0.123. The Kier molecular flexibility index (Phi) is 4.38. The van der Waals surface area contributed by atoms with Crippen LogP contribution in [0, 0.1) is 23.2 Å². The summed E-state index contributed by atoms with van der Waals surface area (Å²) in [5.74, 6) is 0.980. The van der Waals surface area contributed by atoms with Crippen molar-refractivity contribution < 1.29 is 4.79 Å². The molecular formula is C13H21N3O. The maximum atomic E-state index is 11.8. The van der Waals surface area contributed by atoms with Gasteiger partial charge in [0.1, 0.15) is 0 Å². The zero-order valence-corrected chi connectivity index (χ0v) is 10.2. The molecule has 0 unspecified atom stereocenters. The van der Waals surface area contributed by atoms with Crippen molar-refractivity contribution >= 4 is 5.91 Å². The van der Waals surface area contributed by atoms with Gasteiger partial charge in [-0.2, -0.15) is 5.26 Å². The molecule has 0 spiro atoms. The number of hydrogen-bond donors (Lipinski definition) is 2. The van der Waals surface area contributed by atoms with Crippen molar-refractivity contribution in [3.8, 4) is 6.07 Å². The zero-order chi connectivity index (χ0) is 12.1. The molecule has 1 heterocycles. The smallest absolute Gasteiger partial charge is 0.237 e. The van der Waals surface area contributed by atoms with Crippen LogP contribution in [-0.4, -0.2) is 25.0 Å². The summed E-state index contributed by atoms with van der Waals surface area (Å²) in [7, 11) is 0. The summed E-state index contributed by atoms with van der Waals surface area (Å²) >= 11 is 0. The number of rotatable bonds is 3. The van der Waals surface area contributed by atoms with Gasteiger partial charge in [-0.15, -0.1) is 0 Å². The normalized spacial score (nSPS) is 33.0. The van der Waals surface area contributed by atoms with Gasteiger partial charge in [-0.3, -0.25) is 4.79 Å². The van der Waals surface area contributed by atoms with Crippen LogP contribution in [0.5, 0.6) is 0 Å². The Morgan fingerprint density at radius 3 is 2.65 bits per heavy atom. The number of nitriles is 1. The van der Waals surface area contributed by atoms with E-state index >= 15 is 0 Å². The first kappa shape index (κ1) is 12.4. The van der Waals surface area contributed by atoms with Crippen LogP contribution < -0.4 is 10.6 Å². The molecule has 1 aliphatic heterocycles. The SMILES string of the molecule is N#CC1CCC(CNC(=O)[C@@H]2CCCN2)CC1. The molecule has 0 bridgehead atoms. The monoisotopic (exact) mass is 235 g/mol. The largest absolute Gasteiger partial charge is 0.354 e. The summed E-state index contributed by atoms with van der Waals surface area (Å²) in [5, 5.41) is 15.1. The lowest BCUT2D eigenvalue weighted by Crippen LogP contribution is -2.42. The maximum absolute atomic E-state index is 11.8. The van der Waals surface area contributed by atoms with Crippen LogP contribution in [0.25, 0.3) is 0 Å². The number of carbonyl (C=O) groups excluding carboxylic acids is 1. The third kappa shape index (κ3) is 3.44. The standard InChI is InChI=1S/C13H21N3O/c14-8-10-3-5-11(6-4-10)9-16-13(17)12-2-1-7-15-12/h10-12,15H,1-7,9H2,(H,16,17)/t10?,11?,12-/m0/s1. The predicted molar refractivity (Wildman–Crippen MR) is 65.1 cm³/mol. The second-order valence-corrected chi connectivity index (χ2v) is 5.24. The Bertz CT molecular complexity index is 296. The van der Waals surface area contributed by atoms with Crippen LogP contribution in [0.1, 0.15) is 38.5 Å². The van der Waals surface area contributed by atoms with Crippen LogP contribution in [0.3, 0.4) is 0 Å². The second kappa shape index (κ2) is 6.02. The van der Waals surface area contributed by atoms with E-state index in [1.165, 1.54) is 0 Å². The summed E-state index contributed by atoms with van der Waals surface area (Å²) in [6, 6.07) is 2.37. The number of hydrogen-bond acceptors (Lipinski definition) is 3. The van der Waals surface area contributed by atoms with Crippen molar-refractivity contribution in [3.63, 3.8) is 0 Å². The summed E-state index contributed by atoms with van der Waals surface area (Å²) < 4.78 is 0. The molecule has 0 aromatic heterocycles. The topological polar surface area (TPSA) is 64.9 Å². The van der Waals surface area contributed by atoms with E-state index in [1.807, 2.05) is 0 Å². The third-order valence-corrected chi connectivity index (χ3v) is 3.97. The fraction of sp³-hybridized carbons (Fsp3) is 0.846. The molecule has 1 amide bonds. The summed E-state index contributed by atoms with van der Waals surface area (Å²) in [4.78, 5) is 11.8. The molecule has 0 aromatic carbocycles. The van der Waals surface area contributed by atoms with Gasteiger partial charge < -0.3 is 10.6 Å². The number of nitrogens with zero attached hydrogens (tertiary/aromatic N) is 1. The second-order valence-electron chi connectivity index (χ2n) is 5.24. The van der Waals surface area contributed by atoms with Gasteiger partial charge in [-0.25, -0.2) is 0 Å². The molecule has 17 heavy (non-hydrogen) atoms. The van der Waals surface area contributed by atoms with E-state index in [4.69, 9.17) is 5.26 Å². The fourth-order valence-electron chi connectivity index (χ4n) is 2.77. The first-order valence-corrected chi connectivity index (χ1v) is 6.70. The fourth-order valence-corrected chi connectivity index (χ4v) is 2.77. The molecule has 2 N–H and O–H groups in total. The van der Waals surface area contributed by atoms with Gasteiger partial charge in [0.25, 0.3) is 0 Å². The van der Waals surface area contributed by atoms with Crippen LogP contribution in [-0.2, 0) is 4.79 Å². The van der Waals surface area contributed by atoms with E-state index in [1.54, 1.807) is 0 Å². The molecule has 2 fully saturated rings. The average molecular weight is 235 g/mol. The highest BCUT2D eigenvalue weighted by atomic mass is 16.2. The van der Waals surface area contributed by atoms with Gasteiger partial charge in [0.05, 0.1) is 12.1 Å². The van der Waals surface area contributed by atoms with E-state index in [2.05, 4.69) is 16.7 Å². The van der Waals surface area contributed by atoms with Crippen LogP contribution in [0.2, 0.25) is 0 Å². The Hall–Kier alpha value is -1.08. The van der Waals surface area contributed by atoms with Gasteiger partial charge in [0.15, 0.2) is 0 Å². The molecule has 2 rings (SSSR count). The Labute approximate surface area is 103 Å². The van der Waals surface area contributed by atoms with Gasteiger partial charge >= 0.3 is 0 Å². The van der Waals surface area contributed by atoms with E-state index in [-0.39, 0.29) is 17.9 Å². The highest BCUT2D eigenvalue weighted by Crippen LogP contribution is 2.27. The van der Waals surface area contributed by atoms with E-state index in [0.29, 0.717) is 5.92 Å². The van der Waals surface area contributed by atoms with Gasteiger partial charge in [0.2, 0.25) is 5.91 Å². The van der Waals surface area contributed by atoms with Crippen molar-refractivity contribution in [1.82, 2.24) is 10.6 Å². The summed E-state index contributed by atoms with van der Waals surface area (Å²) in [6.07, 6.45) is 6.23. The minimum absolute atomic E-state index is 0.0328. The zero-order valence-electron chi connectivity index (χ0n) is 10.2. The maximum Gasteiger partial charge on any atom is 0.237 e. The van der Waals surface area contributed by atoms with E-state index < -0.39 is 0 Å². The number of nitrogens with one attached hydrogen (secondary N) is 2. The molecule has 94 valence electrons. The highest BCUT2D eigenvalue weighted by molar-refractivity contribution is 5.81. The van der Waals surface area contributed by atoms with Crippen LogP contribution in [0.15, 0.2) is 0 Å². The van der Waals surface area contributed by atoms with Crippen LogP contribution >= 0.6 is 0 Å². The van der Waals surface area contributed by atoms with Crippen molar-refractivity contribution in [2.24, 2.45) is 11.8 Å². The molecule has 0 radical (unpaired) electrons.